The van der Waals surface area contributed by atoms with Crippen LogP contribution in [0.25, 0.3) is 5.65 Å². The number of nitrogens with zero attached hydrogens (tertiary/aromatic N) is 5. The monoisotopic (exact) mass is 450 g/mol. The highest BCUT2D eigenvalue weighted by Gasteiger charge is 2.40. The minimum atomic E-state index is -2.89. The number of alkyl halides is 3. The molecule has 7 nitrogen and oxygen atoms in total. The number of anilines is 2. The Morgan fingerprint density at radius 3 is 2.88 bits per heavy atom. The number of allylic oxidation sites excluding steroid dienone is 3. The van der Waals surface area contributed by atoms with Crippen molar-refractivity contribution >= 4 is 23.3 Å². The van der Waals surface area contributed by atoms with Gasteiger partial charge in [0.05, 0.1) is 12.7 Å². The molecule has 0 saturated carbocycles. The molecule has 0 radical (unpaired) electrons. The Bertz CT molecular complexity index is 1100. The summed E-state index contributed by atoms with van der Waals surface area (Å²) >= 11 is 0. The van der Waals surface area contributed by atoms with Crippen molar-refractivity contribution in [3.8, 4) is 0 Å². The van der Waals surface area contributed by atoms with Gasteiger partial charge in [-0.1, -0.05) is 0 Å². The van der Waals surface area contributed by atoms with E-state index in [1.54, 1.807) is 12.1 Å². The van der Waals surface area contributed by atoms with E-state index in [4.69, 9.17) is 0 Å². The average Bonchev–Trinajstić information content (AvgIpc) is 3.48. The molecule has 3 aliphatic rings. The molecule has 0 bridgehead atoms. The van der Waals surface area contributed by atoms with E-state index in [0.717, 1.165) is 17.4 Å². The lowest BCUT2D eigenvalue weighted by molar-refractivity contribution is 0.0159. The molecule has 2 aliphatic heterocycles. The molecule has 4 heterocycles. The molecule has 5 rings (SSSR count). The van der Waals surface area contributed by atoms with Crippen LogP contribution in [0.2, 0.25) is 0 Å². The first kappa shape index (κ1) is 20.8. The molecular weight excluding hydrogens is 428 g/mol. The van der Waals surface area contributed by atoms with Gasteiger partial charge >= 0.3 is 6.03 Å². The van der Waals surface area contributed by atoms with E-state index in [0.29, 0.717) is 24.4 Å². The number of halogens is 4. The van der Waals surface area contributed by atoms with Crippen molar-refractivity contribution in [1.29, 1.82) is 0 Å². The number of rotatable bonds is 3. The quantitative estimate of drug-likeness (QED) is 0.720. The summed E-state index contributed by atoms with van der Waals surface area (Å²) in [7, 11) is 0. The van der Waals surface area contributed by atoms with Gasteiger partial charge in [-0.25, -0.2) is 27.3 Å². The summed E-state index contributed by atoms with van der Waals surface area (Å²) < 4.78 is 56.6. The molecule has 170 valence electrons. The van der Waals surface area contributed by atoms with Gasteiger partial charge in [0, 0.05) is 31.5 Å². The fraction of sp³-hybridized carbons (Fsp3) is 0.476. The number of fused-ring (bicyclic) bond motifs is 1. The van der Waals surface area contributed by atoms with Crippen molar-refractivity contribution in [2.45, 2.75) is 37.4 Å². The Labute approximate surface area is 181 Å². The molecule has 2 aromatic rings. The van der Waals surface area contributed by atoms with Gasteiger partial charge in [-0.15, -0.1) is 5.10 Å². The standard InChI is InChI=1S/C21H22F4N6O/c22-13-3-4-15(23)14(10-13)16-2-1-8-30(16)18-6-5-17-26-11-19(31(17)28-18)27-20(32)29-9-7-21(24,25)12-29/h3-6,10-11,14-16H,1-2,7-9,12H2,(H,27,32)/t14?,15?,16-/m1/s1. The minimum absolute atomic E-state index is 0.0337. The molecule has 3 atom stereocenters. The zero-order valence-electron chi connectivity index (χ0n) is 17.1. The van der Waals surface area contributed by atoms with Gasteiger partial charge in [-0.3, -0.25) is 5.32 Å². The topological polar surface area (TPSA) is 65.8 Å². The van der Waals surface area contributed by atoms with Crippen LogP contribution in [0.1, 0.15) is 19.3 Å². The SMILES string of the molecule is O=C(Nc1cnc2ccc(N3CCC[C@@H]3C3C=C(F)C=CC3F)nn12)N1CCC(F)(F)C1. The molecule has 32 heavy (non-hydrogen) atoms. The molecule has 0 aromatic carbocycles. The molecular formula is C21H22F4N6O. The maximum atomic E-state index is 14.5. The van der Waals surface area contributed by atoms with Crippen LogP contribution in [0.4, 0.5) is 34.0 Å². The average molecular weight is 450 g/mol. The van der Waals surface area contributed by atoms with Crippen LogP contribution in [0.15, 0.2) is 42.4 Å². The summed E-state index contributed by atoms with van der Waals surface area (Å²) in [6, 6.07) is 2.55. The molecule has 2 aromatic heterocycles. The van der Waals surface area contributed by atoms with Gasteiger partial charge in [0.15, 0.2) is 11.5 Å². The van der Waals surface area contributed by atoms with Crippen molar-refractivity contribution in [3.63, 3.8) is 0 Å². The lowest BCUT2D eigenvalue weighted by Gasteiger charge is -2.32. The fourth-order valence-electron chi connectivity index (χ4n) is 4.64. The molecule has 0 spiro atoms. The van der Waals surface area contributed by atoms with Gasteiger partial charge in [-0.05, 0) is 43.2 Å². The Kier molecular flexibility index (Phi) is 5.06. The summed E-state index contributed by atoms with van der Waals surface area (Å²) in [4.78, 5) is 19.6. The largest absolute Gasteiger partial charge is 0.351 e. The normalized spacial score (nSPS) is 27.2. The number of carbonyl (C=O) groups is 1. The first-order valence-electron chi connectivity index (χ1n) is 10.6. The van der Waals surface area contributed by atoms with Crippen LogP contribution in [-0.4, -0.2) is 63.3 Å². The number of imidazole rings is 1. The Hall–Kier alpha value is -3.11. The van der Waals surface area contributed by atoms with Crippen molar-refractivity contribution in [2.24, 2.45) is 5.92 Å². The van der Waals surface area contributed by atoms with E-state index in [2.05, 4.69) is 15.4 Å². The van der Waals surface area contributed by atoms with Gasteiger partial charge < -0.3 is 9.80 Å². The second-order valence-corrected chi connectivity index (χ2v) is 8.40. The highest BCUT2D eigenvalue weighted by atomic mass is 19.3. The number of hydrogen-bond acceptors (Lipinski definition) is 4. The summed E-state index contributed by atoms with van der Waals surface area (Å²) in [6.45, 7) is -0.0349. The molecule has 11 heteroatoms. The second-order valence-electron chi connectivity index (χ2n) is 8.40. The zero-order chi connectivity index (χ0) is 22.5. The van der Waals surface area contributed by atoms with E-state index in [1.807, 2.05) is 4.90 Å². The van der Waals surface area contributed by atoms with Gasteiger partial charge in [-0.2, -0.15) is 4.52 Å². The fourth-order valence-corrected chi connectivity index (χ4v) is 4.64. The van der Waals surface area contributed by atoms with Gasteiger partial charge in [0.25, 0.3) is 5.92 Å². The zero-order valence-corrected chi connectivity index (χ0v) is 17.1. The van der Waals surface area contributed by atoms with E-state index in [1.165, 1.54) is 22.9 Å². The van der Waals surface area contributed by atoms with Crippen LogP contribution in [0.3, 0.4) is 0 Å². The number of nitrogens with one attached hydrogen (secondary N) is 1. The first-order valence-corrected chi connectivity index (χ1v) is 10.6. The Morgan fingerprint density at radius 1 is 1.25 bits per heavy atom. The van der Waals surface area contributed by atoms with Crippen molar-refractivity contribution in [3.05, 3.63) is 42.4 Å². The number of hydrogen-bond donors (Lipinski definition) is 1. The number of carbonyl (C=O) groups excluding carboxylic acids is 1. The number of likely N-dealkylation sites (tertiary alicyclic amines) is 1. The van der Waals surface area contributed by atoms with Crippen LogP contribution in [-0.2, 0) is 0 Å². The van der Waals surface area contributed by atoms with Crippen LogP contribution in [0, 0.1) is 5.92 Å². The van der Waals surface area contributed by atoms with E-state index in [9.17, 15) is 22.4 Å². The van der Waals surface area contributed by atoms with Gasteiger partial charge in [0.1, 0.15) is 17.8 Å². The van der Waals surface area contributed by atoms with Crippen molar-refractivity contribution < 1.29 is 22.4 Å². The third-order valence-corrected chi connectivity index (χ3v) is 6.24. The minimum Gasteiger partial charge on any atom is -0.351 e. The maximum Gasteiger partial charge on any atom is 0.323 e. The molecule has 2 amide bonds. The van der Waals surface area contributed by atoms with E-state index >= 15 is 0 Å². The maximum absolute atomic E-state index is 14.5. The van der Waals surface area contributed by atoms with Crippen LogP contribution < -0.4 is 10.2 Å². The molecule has 1 aliphatic carbocycles. The second kappa shape index (κ2) is 7.79. The van der Waals surface area contributed by atoms with Crippen LogP contribution >= 0.6 is 0 Å². The molecule has 1 N–H and O–H groups in total. The lowest BCUT2D eigenvalue weighted by atomic mass is 9.89. The van der Waals surface area contributed by atoms with Crippen molar-refractivity contribution in [1.82, 2.24) is 19.5 Å². The predicted octanol–water partition coefficient (Wildman–Crippen LogP) is 3.95. The Morgan fingerprint density at radius 2 is 2.09 bits per heavy atom. The first-order chi connectivity index (χ1) is 15.3. The molecule has 2 saturated heterocycles. The third kappa shape index (κ3) is 3.80. The van der Waals surface area contributed by atoms with E-state index < -0.39 is 36.4 Å². The number of aromatic nitrogens is 3. The lowest BCUT2D eigenvalue weighted by Crippen LogP contribution is -2.40. The smallest absolute Gasteiger partial charge is 0.323 e. The molecule has 2 fully saturated rings. The highest BCUT2D eigenvalue weighted by molar-refractivity contribution is 5.89. The third-order valence-electron chi connectivity index (χ3n) is 6.24. The molecule has 2 unspecified atom stereocenters. The summed E-state index contributed by atoms with van der Waals surface area (Å²) in [6.07, 6.45) is 4.95. The number of amides is 2. The summed E-state index contributed by atoms with van der Waals surface area (Å²) in [5.41, 5.74) is 0.460. The summed E-state index contributed by atoms with van der Waals surface area (Å²) in [5, 5.41) is 7.15. The summed E-state index contributed by atoms with van der Waals surface area (Å²) in [5.74, 6) is -3.18. The number of urea groups is 1. The predicted molar refractivity (Wildman–Crippen MR) is 110 cm³/mol. The Balaban J connectivity index is 1.39. The van der Waals surface area contributed by atoms with Gasteiger partial charge in [0.2, 0.25) is 0 Å². The highest BCUT2D eigenvalue weighted by Crippen LogP contribution is 2.35. The van der Waals surface area contributed by atoms with Crippen LogP contribution in [0.5, 0.6) is 0 Å². The van der Waals surface area contributed by atoms with E-state index in [-0.39, 0.29) is 24.8 Å². The van der Waals surface area contributed by atoms with Crippen molar-refractivity contribution in [2.75, 3.05) is 29.9 Å².